The molecule has 1 aromatic rings. The normalized spacial score (nSPS) is 19.8. The van der Waals surface area contributed by atoms with E-state index in [1.807, 2.05) is 0 Å². The third-order valence-electron chi connectivity index (χ3n) is 3.88. The van der Waals surface area contributed by atoms with Crippen LogP contribution in [0, 0.1) is 0 Å². The van der Waals surface area contributed by atoms with Crippen molar-refractivity contribution in [2.75, 3.05) is 19.7 Å². The van der Waals surface area contributed by atoms with Gasteiger partial charge >= 0.3 is 5.97 Å². The number of carboxylic acids is 1. The van der Waals surface area contributed by atoms with E-state index < -0.39 is 5.97 Å². The van der Waals surface area contributed by atoms with Gasteiger partial charge in [0.25, 0.3) is 0 Å². The molecule has 1 atom stereocenters. The maximum Gasteiger partial charge on any atom is 0.335 e. The van der Waals surface area contributed by atoms with Crippen molar-refractivity contribution in [2.24, 2.45) is 0 Å². The molecular weight excluding hydrogens is 254 g/mol. The van der Waals surface area contributed by atoms with Crippen LogP contribution >= 0.6 is 0 Å². The van der Waals surface area contributed by atoms with Crippen LogP contribution in [0.4, 0.5) is 0 Å². The number of benzene rings is 1. The Balaban J connectivity index is 1.73. The molecule has 0 amide bonds. The van der Waals surface area contributed by atoms with Crippen LogP contribution in [0.5, 0.6) is 5.75 Å². The van der Waals surface area contributed by atoms with Crippen molar-refractivity contribution in [3.8, 4) is 5.75 Å². The molecule has 1 heterocycles. The van der Waals surface area contributed by atoms with E-state index in [4.69, 9.17) is 9.84 Å². The van der Waals surface area contributed by atoms with Gasteiger partial charge in [-0.05, 0) is 50.9 Å². The second-order valence-electron chi connectivity index (χ2n) is 5.42. The fraction of sp³-hybridized carbons (Fsp3) is 0.562. The summed E-state index contributed by atoms with van der Waals surface area (Å²) in [6, 6.07) is 7.34. The molecule has 0 radical (unpaired) electrons. The van der Waals surface area contributed by atoms with Crippen LogP contribution in [0.3, 0.4) is 0 Å². The SMILES string of the molecule is C[C@@H]1CCCCN1CCCOc1cccc(C(=O)O)c1. The third kappa shape index (κ3) is 4.23. The molecular formula is C16H23NO3. The van der Waals surface area contributed by atoms with E-state index in [1.165, 1.54) is 25.8 Å². The van der Waals surface area contributed by atoms with Crippen LogP contribution in [0.15, 0.2) is 24.3 Å². The van der Waals surface area contributed by atoms with E-state index in [9.17, 15) is 4.79 Å². The summed E-state index contributed by atoms with van der Waals surface area (Å²) in [5.74, 6) is -0.283. The first kappa shape index (κ1) is 14.9. The van der Waals surface area contributed by atoms with Gasteiger partial charge in [0, 0.05) is 12.6 Å². The van der Waals surface area contributed by atoms with Gasteiger partial charge in [-0.2, -0.15) is 0 Å². The van der Waals surface area contributed by atoms with Gasteiger partial charge in [0.1, 0.15) is 5.75 Å². The Morgan fingerprint density at radius 3 is 3.05 bits per heavy atom. The quantitative estimate of drug-likeness (QED) is 0.812. The molecule has 1 aromatic carbocycles. The van der Waals surface area contributed by atoms with Crippen molar-refractivity contribution in [1.82, 2.24) is 4.90 Å². The lowest BCUT2D eigenvalue weighted by Gasteiger charge is -2.33. The van der Waals surface area contributed by atoms with Crippen molar-refractivity contribution in [3.63, 3.8) is 0 Å². The maximum absolute atomic E-state index is 10.9. The molecule has 1 N–H and O–H groups in total. The molecule has 1 fully saturated rings. The van der Waals surface area contributed by atoms with Crippen LogP contribution in [-0.4, -0.2) is 41.7 Å². The van der Waals surface area contributed by atoms with Gasteiger partial charge in [-0.3, -0.25) is 0 Å². The van der Waals surface area contributed by atoms with Gasteiger partial charge in [-0.1, -0.05) is 12.5 Å². The molecule has 0 aliphatic carbocycles. The Kier molecular flexibility index (Phi) is 5.41. The zero-order chi connectivity index (χ0) is 14.4. The standard InChI is InChI=1S/C16H23NO3/c1-13-6-2-3-9-17(13)10-5-11-20-15-8-4-7-14(12-15)16(18)19/h4,7-8,12-13H,2-3,5-6,9-11H2,1H3,(H,18,19)/t13-/m1/s1. The summed E-state index contributed by atoms with van der Waals surface area (Å²) in [6.45, 7) is 5.16. The summed E-state index contributed by atoms with van der Waals surface area (Å²) in [7, 11) is 0. The minimum Gasteiger partial charge on any atom is -0.494 e. The lowest BCUT2D eigenvalue weighted by molar-refractivity contribution is 0.0696. The first-order chi connectivity index (χ1) is 9.66. The van der Waals surface area contributed by atoms with Crippen LogP contribution in [0.1, 0.15) is 43.0 Å². The number of likely N-dealkylation sites (tertiary alicyclic amines) is 1. The fourth-order valence-electron chi connectivity index (χ4n) is 2.67. The van der Waals surface area contributed by atoms with Gasteiger partial charge in [-0.25, -0.2) is 4.79 Å². The number of nitrogens with zero attached hydrogens (tertiary/aromatic N) is 1. The van der Waals surface area contributed by atoms with E-state index >= 15 is 0 Å². The highest BCUT2D eigenvalue weighted by atomic mass is 16.5. The second kappa shape index (κ2) is 7.29. The first-order valence-corrected chi connectivity index (χ1v) is 7.37. The Bertz CT molecular complexity index is 447. The van der Waals surface area contributed by atoms with E-state index in [-0.39, 0.29) is 5.56 Å². The molecule has 1 saturated heterocycles. The van der Waals surface area contributed by atoms with E-state index in [0.717, 1.165) is 13.0 Å². The summed E-state index contributed by atoms with van der Waals surface area (Å²) < 4.78 is 5.63. The zero-order valence-corrected chi connectivity index (χ0v) is 12.0. The molecule has 1 aliphatic rings. The highest BCUT2D eigenvalue weighted by Gasteiger charge is 2.17. The predicted octanol–water partition coefficient (Wildman–Crippen LogP) is 3.03. The van der Waals surface area contributed by atoms with Crippen LogP contribution in [-0.2, 0) is 0 Å². The summed E-state index contributed by atoms with van der Waals surface area (Å²) >= 11 is 0. The highest BCUT2D eigenvalue weighted by molar-refractivity contribution is 5.87. The van der Waals surface area contributed by atoms with Crippen molar-refractivity contribution >= 4 is 5.97 Å². The van der Waals surface area contributed by atoms with Gasteiger partial charge in [0.2, 0.25) is 0 Å². The molecule has 0 spiro atoms. The Morgan fingerprint density at radius 2 is 2.30 bits per heavy atom. The summed E-state index contributed by atoms with van der Waals surface area (Å²) in [5.41, 5.74) is 0.271. The van der Waals surface area contributed by atoms with E-state index in [2.05, 4.69) is 11.8 Å². The van der Waals surface area contributed by atoms with Gasteiger partial charge < -0.3 is 14.7 Å². The molecule has 4 heteroatoms. The number of ether oxygens (including phenoxy) is 1. The number of aromatic carboxylic acids is 1. The van der Waals surface area contributed by atoms with E-state index in [1.54, 1.807) is 24.3 Å². The van der Waals surface area contributed by atoms with Crippen LogP contribution < -0.4 is 4.74 Å². The van der Waals surface area contributed by atoms with Gasteiger partial charge in [0.05, 0.1) is 12.2 Å². The van der Waals surface area contributed by atoms with Crippen molar-refractivity contribution in [1.29, 1.82) is 0 Å². The Morgan fingerprint density at radius 1 is 1.45 bits per heavy atom. The average molecular weight is 277 g/mol. The monoisotopic (exact) mass is 277 g/mol. The average Bonchev–Trinajstić information content (AvgIpc) is 2.45. The molecule has 0 bridgehead atoms. The first-order valence-electron chi connectivity index (χ1n) is 7.37. The molecule has 0 unspecified atom stereocenters. The summed E-state index contributed by atoms with van der Waals surface area (Å²) in [5, 5.41) is 8.92. The number of carbonyl (C=O) groups is 1. The topological polar surface area (TPSA) is 49.8 Å². The molecule has 20 heavy (non-hydrogen) atoms. The van der Waals surface area contributed by atoms with Crippen LogP contribution in [0.25, 0.3) is 0 Å². The molecule has 0 saturated carbocycles. The Labute approximate surface area is 120 Å². The van der Waals surface area contributed by atoms with Crippen molar-refractivity contribution < 1.29 is 14.6 Å². The Hall–Kier alpha value is -1.55. The summed E-state index contributed by atoms with van der Waals surface area (Å²) in [6.07, 6.45) is 4.91. The van der Waals surface area contributed by atoms with Gasteiger partial charge in [0.15, 0.2) is 0 Å². The van der Waals surface area contributed by atoms with Crippen molar-refractivity contribution in [3.05, 3.63) is 29.8 Å². The number of hydrogen-bond donors (Lipinski definition) is 1. The molecule has 1 aliphatic heterocycles. The molecule has 4 nitrogen and oxygen atoms in total. The fourth-order valence-corrected chi connectivity index (χ4v) is 2.67. The minimum absolute atomic E-state index is 0.271. The highest BCUT2D eigenvalue weighted by Crippen LogP contribution is 2.17. The molecule has 2 rings (SSSR count). The summed E-state index contributed by atoms with van der Waals surface area (Å²) in [4.78, 5) is 13.4. The largest absolute Gasteiger partial charge is 0.494 e. The molecule has 0 aromatic heterocycles. The maximum atomic E-state index is 10.9. The number of carboxylic acid groups (broad SMARTS) is 1. The number of hydrogen-bond acceptors (Lipinski definition) is 3. The van der Waals surface area contributed by atoms with Crippen molar-refractivity contribution in [2.45, 2.75) is 38.6 Å². The zero-order valence-electron chi connectivity index (χ0n) is 12.0. The van der Waals surface area contributed by atoms with Gasteiger partial charge in [-0.15, -0.1) is 0 Å². The minimum atomic E-state index is -0.919. The lowest BCUT2D eigenvalue weighted by Crippen LogP contribution is -2.38. The van der Waals surface area contributed by atoms with Crippen LogP contribution in [0.2, 0.25) is 0 Å². The predicted molar refractivity (Wildman–Crippen MR) is 78.4 cm³/mol. The number of piperidine rings is 1. The smallest absolute Gasteiger partial charge is 0.335 e. The number of rotatable bonds is 6. The molecule has 110 valence electrons. The lowest BCUT2D eigenvalue weighted by atomic mass is 10.0. The van der Waals surface area contributed by atoms with E-state index in [0.29, 0.717) is 18.4 Å². The third-order valence-corrected chi connectivity index (χ3v) is 3.88. The second-order valence-corrected chi connectivity index (χ2v) is 5.42.